The molecule has 0 spiro atoms. The van der Waals surface area contributed by atoms with Gasteiger partial charge in [0.15, 0.2) is 0 Å². The van der Waals surface area contributed by atoms with Crippen LogP contribution >= 0.6 is 0 Å². The van der Waals surface area contributed by atoms with E-state index in [2.05, 4.69) is 44.8 Å². The predicted molar refractivity (Wildman–Crippen MR) is 54.5 cm³/mol. The maximum Gasteiger partial charge on any atom is 0.0692 e. The Bertz CT molecular complexity index is 270. The molecule has 1 heterocycles. The highest BCUT2D eigenvalue weighted by molar-refractivity contribution is 5.15. The van der Waals surface area contributed by atoms with E-state index in [-0.39, 0.29) is 10.8 Å². The first-order valence-electron chi connectivity index (χ1n) is 4.64. The van der Waals surface area contributed by atoms with Gasteiger partial charge in [-0.05, 0) is 17.5 Å². The van der Waals surface area contributed by atoms with E-state index in [9.17, 15) is 0 Å². The minimum Gasteiger partial charge on any atom is -0.159 e. The van der Waals surface area contributed by atoms with E-state index in [1.54, 1.807) is 6.20 Å². The summed E-state index contributed by atoms with van der Waals surface area (Å²) in [7, 11) is 0. The van der Waals surface area contributed by atoms with Crippen LogP contribution in [0, 0.1) is 5.41 Å². The van der Waals surface area contributed by atoms with E-state index >= 15 is 0 Å². The number of hydrogen-bond donors (Lipinski definition) is 0. The minimum absolute atomic E-state index is 0.0568. The Hall–Kier alpha value is -0.920. The second-order valence-electron chi connectivity index (χ2n) is 4.98. The fourth-order valence-corrected chi connectivity index (χ4v) is 1.02. The van der Waals surface area contributed by atoms with Gasteiger partial charge in [-0.1, -0.05) is 34.6 Å². The SMILES string of the molecule is CC(C)(C)C(C)(C)c1cccnn1. The molecule has 0 N–H and O–H groups in total. The molecule has 13 heavy (non-hydrogen) atoms. The summed E-state index contributed by atoms with van der Waals surface area (Å²) in [5.74, 6) is 0. The smallest absolute Gasteiger partial charge is 0.0692 e. The van der Waals surface area contributed by atoms with Crippen LogP contribution in [0.25, 0.3) is 0 Å². The molecule has 0 saturated heterocycles. The Labute approximate surface area is 80.4 Å². The van der Waals surface area contributed by atoms with Gasteiger partial charge < -0.3 is 0 Å². The van der Waals surface area contributed by atoms with Crippen molar-refractivity contribution < 1.29 is 0 Å². The molecule has 72 valence electrons. The molecule has 2 heteroatoms. The van der Waals surface area contributed by atoms with Gasteiger partial charge in [-0.15, -0.1) is 0 Å². The van der Waals surface area contributed by atoms with Crippen molar-refractivity contribution in [2.75, 3.05) is 0 Å². The van der Waals surface area contributed by atoms with Gasteiger partial charge in [0.2, 0.25) is 0 Å². The minimum atomic E-state index is 0.0568. The number of aromatic nitrogens is 2. The maximum atomic E-state index is 4.17. The zero-order valence-corrected chi connectivity index (χ0v) is 9.13. The molecule has 0 unspecified atom stereocenters. The van der Waals surface area contributed by atoms with Crippen LogP contribution in [0.2, 0.25) is 0 Å². The van der Waals surface area contributed by atoms with E-state index < -0.39 is 0 Å². The Balaban J connectivity index is 3.08. The van der Waals surface area contributed by atoms with Gasteiger partial charge in [0, 0.05) is 11.6 Å². The van der Waals surface area contributed by atoms with Gasteiger partial charge in [0.05, 0.1) is 5.69 Å². The Morgan fingerprint density at radius 1 is 1.08 bits per heavy atom. The normalized spacial score (nSPS) is 13.0. The fraction of sp³-hybridized carbons (Fsp3) is 0.636. The van der Waals surface area contributed by atoms with Gasteiger partial charge in [-0.2, -0.15) is 10.2 Å². The molecular weight excluding hydrogens is 160 g/mol. The fourth-order valence-electron chi connectivity index (χ4n) is 1.02. The second kappa shape index (κ2) is 3.09. The van der Waals surface area contributed by atoms with Crippen LogP contribution in [0.4, 0.5) is 0 Å². The third-order valence-corrected chi connectivity index (χ3v) is 3.09. The molecule has 0 fully saturated rings. The maximum absolute atomic E-state index is 4.17. The zero-order chi connectivity index (χ0) is 10.1. The van der Waals surface area contributed by atoms with Gasteiger partial charge in [-0.3, -0.25) is 0 Å². The van der Waals surface area contributed by atoms with Crippen molar-refractivity contribution in [2.45, 2.75) is 40.0 Å². The van der Waals surface area contributed by atoms with E-state index in [1.807, 2.05) is 12.1 Å². The number of nitrogens with zero attached hydrogens (tertiary/aromatic N) is 2. The van der Waals surface area contributed by atoms with Gasteiger partial charge in [0.25, 0.3) is 0 Å². The molecule has 0 amide bonds. The lowest BCUT2D eigenvalue weighted by molar-refractivity contribution is 0.218. The lowest BCUT2D eigenvalue weighted by atomic mass is 9.67. The molecule has 1 aromatic heterocycles. The molecule has 2 nitrogen and oxygen atoms in total. The number of rotatable bonds is 1. The van der Waals surface area contributed by atoms with Crippen LogP contribution in [0.5, 0.6) is 0 Å². The first kappa shape index (κ1) is 10.2. The van der Waals surface area contributed by atoms with Crippen LogP contribution in [0.1, 0.15) is 40.3 Å². The predicted octanol–water partition coefficient (Wildman–Crippen LogP) is 2.80. The van der Waals surface area contributed by atoms with Gasteiger partial charge in [0.1, 0.15) is 0 Å². The van der Waals surface area contributed by atoms with Crippen molar-refractivity contribution in [3.05, 3.63) is 24.0 Å². The van der Waals surface area contributed by atoms with Crippen molar-refractivity contribution >= 4 is 0 Å². The summed E-state index contributed by atoms with van der Waals surface area (Å²) in [6.45, 7) is 11.1. The van der Waals surface area contributed by atoms with Crippen molar-refractivity contribution in [2.24, 2.45) is 5.41 Å². The van der Waals surface area contributed by atoms with E-state index in [4.69, 9.17) is 0 Å². The first-order chi connectivity index (χ1) is 5.86. The van der Waals surface area contributed by atoms with Crippen LogP contribution < -0.4 is 0 Å². The summed E-state index contributed by atoms with van der Waals surface area (Å²) in [5.41, 5.74) is 1.31. The standard InChI is InChI=1S/C11H18N2/c1-10(2,3)11(4,5)9-7-6-8-12-13-9/h6-8H,1-5H3. The Morgan fingerprint density at radius 3 is 2.08 bits per heavy atom. The summed E-state index contributed by atoms with van der Waals surface area (Å²) in [6, 6.07) is 3.98. The van der Waals surface area contributed by atoms with Crippen LogP contribution in [0.15, 0.2) is 18.3 Å². The van der Waals surface area contributed by atoms with Crippen LogP contribution in [-0.4, -0.2) is 10.2 Å². The molecule has 1 aromatic rings. The van der Waals surface area contributed by atoms with Gasteiger partial charge in [-0.25, -0.2) is 0 Å². The molecule has 0 atom stereocenters. The Morgan fingerprint density at radius 2 is 1.69 bits per heavy atom. The summed E-state index contributed by atoms with van der Waals surface area (Å²) in [5, 5.41) is 8.08. The molecule has 0 bridgehead atoms. The van der Waals surface area contributed by atoms with E-state index in [0.29, 0.717) is 0 Å². The van der Waals surface area contributed by atoms with Gasteiger partial charge >= 0.3 is 0 Å². The quantitative estimate of drug-likeness (QED) is 0.661. The van der Waals surface area contributed by atoms with E-state index in [1.165, 1.54) is 0 Å². The molecule has 1 rings (SSSR count). The largest absolute Gasteiger partial charge is 0.159 e. The van der Waals surface area contributed by atoms with Crippen molar-refractivity contribution in [1.82, 2.24) is 10.2 Å². The average Bonchev–Trinajstić information content (AvgIpc) is 2.04. The molecule has 0 aromatic carbocycles. The summed E-state index contributed by atoms with van der Waals surface area (Å²) in [6.07, 6.45) is 1.71. The molecule has 0 saturated carbocycles. The van der Waals surface area contributed by atoms with Crippen LogP contribution in [0.3, 0.4) is 0 Å². The van der Waals surface area contributed by atoms with Crippen molar-refractivity contribution in [3.63, 3.8) is 0 Å². The highest BCUT2D eigenvalue weighted by Crippen LogP contribution is 2.39. The first-order valence-corrected chi connectivity index (χ1v) is 4.64. The third kappa shape index (κ3) is 1.87. The van der Waals surface area contributed by atoms with Crippen molar-refractivity contribution in [3.8, 4) is 0 Å². The molecular formula is C11H18N2. The topological polar surface area (TPSA) is 25.8 Å². The number of hydrogen-bond acceptors (Lipinski definition) is 2. The lowest BCUT2D eigenvalue weighted by Gasteiger charge is -2.37. The molecule has 0 radical (unpaired) electrons. The highest BCUT2D eigenvalue weighted by atomic mass is 15.1. The third-order valence-electron chi connectivity index (χ3n) is 3.09. The zero-order valence-electron chi connectivity index (χ0n) is 9.13. The summed E-state index contributed by atoms with van der Waals surface area (Å²) < 4.78 is 0. The highest BCUT2D eigenvalue weighted by Gasteiger charge is 2.35. The van der Waals surface area contributed by atoms with E-state index in [0.717, 1.165) is 5.69 Å². The lowest BCUT2D eigenvalue weighted by Crippen LogP contribution is -2.34. The molecule has 0 aliphatic heterocycles. The molecule has 0 aliphatic carbocycles. The summed E-state index contributed by atoms with van der Waals surface area (Å²) in [4.78, 5) is 0. The average molecular weight is 178 g/mol. The molecule has 0 aliphatic rings. The Kier molecular flexibility index (Phi) is 2.42. The second-order valence-corrected chi connectivity index (χ2v) is 4.98. The summed E-state index contributed by atoms with van der Waals surface area (Å²) >= 11 is 0. The van der Waals surface area contributed by atoms with Crippen LogP contribution in [-0.2, 0) is 5.41 Å². The van der Waals surface area contributed by atoms with Crippen molar-refractivity contribution in [1.29, 1.82) is 0 Å². The monoisotopic (exact) mass is 178 g/mol.